The molecule has 1 fully saturated rings. The number of aromatic amines is 2. The quantitative estimate of drug-likeness (QED) is 0.674. The van der Waals surface area contributed by atoms with E-state index in [9.17, 15) is 9.59 Å². The summed E-state index contributed by atoms with van der Waals surface area (Å²) in [6, 6.07) is 5.57. The molecule has 0 aliphatic carbocycles. The van der Waals surface area contributed by atoms with Crippen molar-refractivity contribution >= 4 is 38.8 Å². The predicted octanol–water partition coefficient (Wildman–Crippen LogP) is 1.37. The number of piperazine rings is 1. The molecule has 1 amide bonds. The summed E-state index contributed by atoms with van der Waals surface area (Å²) in [4.78, 5) is 41.7. The van der Waals surface area contributed by atoms with Crippen molar-refractivity contribution < 1.29 is 4.79 Å². The Morgan fingerprint density at radius 1 is 1.08 bits per heavy atom. The summed E-state index contributed by atoms with van der Waals surface area (Å²) in [6.07, 6.45) is 3.27. The fraction of sp³-hybridized carbons (Fsp3) is 0.250. The second-order valence-electron chi connectivity index (χ2n) is 5.81. The number of aromatic nitrogens is 4. The van der Waals surface area contributed by atoms with Gasteiger partial charge in [-0.3, -0.25) is 9.78 Å². The van der Waals surface area contributed by atoms with E-state index in [1.54, 1.807) is 17.2 Å². The number of fused-ring (bicyclic) bond motifs is 1. The summed E-state index contributed by atoms with van der Waals surface area (Å²) in [5.74, 6) is 0.822. The molecule has 0 bridgehead atoms. The Balaban J connectivity index is 1.46. The van der Waals surface area contributed by atoms with Crippen LogP contribution in [0.15, 0.2) is 39.9 Å². The molecule has 4 heterocycles. The van der Waals surface area contributed by atoms with Gasteiger partial charge in [-0.25, -0.2) is 14.8 Å². The van der Waals surface area contributed by atoms with Crippen molar-refractivity contribution in [3.8, 4) is 0 Å². The molecule has 8 nitrogen and oxygen atoms in total. The molecule has 9 heteroatoms. The summed E-state index contributed by atoms with van der Waals surface area (Å²) in [5.41, 5.74) is 1.13. The molecule has 0 radical (unpaired) electrons. The highest BCUT2D eigenvalue weighted by molar-refractivity contribution is 9.10. The Morgan fingerprint density at radius 2 is 1.88 bits per heavy atom. The molecule has 2 N–H and O–H groups in total. The number of pyridine rings is 2. The van der Waals surface area contributed by atoms with Crippen molar-refractivity contribution in [2.45, 2.75) is 0 Å². The molecule has 0 unspecified atom stereocenters. The number of imidazole rings is 1. The second kappa shape index (κ2) is 6.32. The van der Waals surface area contributed by atoms with E-state index in [4.69, 9.17) is 0 Å². The number of carbonyl (C=O) groups excluding carboxylic acids is 1. The molecule has 0 atom stereocenters. The number of carbonyl (C=O) groups is 1. The van der Waals surface area contributed by atoms with E-state index in [1.807, 2.05) is 12.1 Å². The van der Waals surface area contributed by atoms with E-state index < -0.39 is 0 Å². The van der Waals surface area contributed by atoms with Gasteiger partial charge in [0.25, 0.3) is 5.91 Å². The van der Waals surface area contributed by atoms with E-state index in [2.05, 4.69) is 40.8 Å². The van der Waals surface area contributed by atoms with E-state index in [0.29, 0.717) is 29.8 Å². The van der Waals surface area contributed by atoms with E-state index in [-0.39, 0.29) is 11.6 Å². The number of hydrogen-bond acceptors (Lipinski definition) is 5. The number of halogens is 1. The Morgan fingerprint density at radius 3 is 2.60 bits per heavy atom. The van der Waals surface area contributed by atoms with Gasteiger partial charge in [-0.1, -0.05) is 0 Å². The maximum absolute atomic E-state index is 12.7. The smallest absolute Gasteiger partial charge is 0.325 e. The Bertz CT molecular complexity index is 972. The molecule has 3 aromatic heterocycles. The summed E-state index contributed by atoms with van der Waals surface area (Å²) in [6.45, 7) is 2.66. The molecular weight excluding hydrogens is 388 g/mol. The summed E-state index contributed by atoms with van der Waals surface area (Å²) >= 11 is 3.38. The largest absolute Gasteiger partial charge is 0.353 e. The Labute approximate surface area is 151 Å². The fourth-order valence-electron chi connectivity index (χ4n) is 2.91. The number of anilines is 1. The van der Waals surface area contributed by atoms with Gasteiger partial charge in [0.1, 0.15) is 5.82 Å². The molecule has 0 saturated carbocycles. The molecule has 128 valence electrons. The van der Waals surface area contributed by atoms with Gasteiger partial charge in [0, 0.05) is 43.0 Å². The summed E-state index contributed by atoms with van der Waals surface area (Å²) in [7, 11) is 0. The van der Waals surface area contributed by atoms with Crippen molar-refractivity contribution in [3.63, 3.8) is 0 Å². The number of nitrogens with one attached hydrogen (secondary N) is 2. The van der Waals surface area contributed by atoms with Gasteiger partial charge in [-0.05, 0) is 34.1 Å². The summed E-state index contributed by atoms with van der Waals surface area (Å²) in [5, 5.41) is 0. The van der Waals surface area contributed by atoms with Crippen molar-refractivity contribution in [2.24, 2.45) is 0 Å². The Kier molecular flexibility index (Phi) is 4.00. The van der Waals surface area contributed by atoms with Crippen LogP contribution in [-0.4, -0.2) is 56.9 Å². The minimum absolute atomic E-state index is 0.0835. The first kappa shape index (κ1) is 15.8. The number of H-pyrrole nitrogens is 2. The highest BCUT2D eigenvalue weighted by Gasteiger charge is 2.23. The third-order valence-corrected chi connectivity index (χ3v) is 4.69. The summed E-state index contributed by atoms with van der Waals surface area (Å²) < 4.78 is 0.941. The van der Waals surface area contributed by atoms with Crippen LogP contribution in [0.2, 0.25) is 0 Å². The number of nitrogens with zero attached hydrogens (tertiary/aromatic N) is 4. The maximum Gasteiger partial charge on any atom is 0.325 e. The van der Waals surface area contributed by atoms with E-state index >= 15 is 0 Å². The van der Waals surface area contributed by atoms with Gasteiger partial charge in [-0.2, -0.15) is 0 Å². The third-order valence-electron chi connectivity index (χ3n) is 4.22. The lowest BCUT2D eigenvalue weighted by Gasteiger charge is -2.35. The van der Waals surface area contributed by atoms with Crippen LogP contribution in [-0.2, 0) is 0 Å². The zero-order valence-electron chi connectivity index (χ0n) is 13.2. The first-order chi connectivity index (χ1) is 12.1. The standard InChI is InChI=1S/C16H15BrN6O2/c17-11-1-2-13(18-9-11)22-3-5-23(6-4-22)15(24)10-7-12-14(19-8-10)21-16(25)20-12/h1-2,7-9H,3-6H2,(H2,19,20,21,25). The molecule has 1 aliphatic heterocycles. The van der Waals surface area contributed by atoms with Gasteiger partial charge >= 0.3 is 5.69 Å². The normalized spacial score (nSPS) is 14.9. The molecular formula is C16H15BrN6O2. The number of rotatable bonds is 2. The average Bonchev–Trinajstić information content (AvgIpc) is 3.01. The fourth-order valence-corrected chi connectivity index (χ4v) is 3.15. The zero-order valence-corrected chi connectivity index (χ0v) is 14.8. The van der Waals surface area contributed by atoms with Crippen LogP contribution in [0.5, 0.6) is 0 Å². The monoisotopic (exact) mass is 402 g/mol. The lowest BCUT2D eigenvalue weighted by Crippen LogP contribution is -2.49. The molecule has 0 spiro atoms. The van der Waals surface area contributed by atoms with E-state index in [0.717, 1.165) is 23.4 Å². The SMILES string of the molecule is O=C(c1cnc2[nH]c(=O)[nH]c2c1)N1CCN(c2ccc(Br)cn2)CC1. The van der Waals surface area contributed by atoms with Crippen LogP contribution in [0.25, 0.3) is 11.2 Å². The van der Waals surface area contributed by atoms with Crippen LogP contribution >= 0.6 is 15.9 Å². The number of hydrogen-bond donors (Lipinski definition) is 2. The van der Waals surface area contributed by atoms with Crippen LogP contribution in [0.3, 0.4) is 0 Å². The van der Waals surface area contributed by atoms with E-state index in [1.165, 1.54) is 6.20 Å². The predicted molar refractivity (Wildman–Crippen MR) is 96.8 cm³/mol. The van der Waals surface area contributed by atoms with Gasteiger partial charge < -0.3 is 14.8 Å². The number of amides is 1. The van der Waals surface area contributed by atoms with Gasteiger partial charge in [-0.15, -0.1) is 0 Å². The molecule has 1 aliphatic rings. The molecule has 25 heavy (non-hydrogen) atoms. The Hall–Kier alpha value is -2.68. The maximum atomic E-state index is 12.7. The highest BCUT2D eigenvalue weighted by Crippen LogP contribution is 2.18. The molecule has 0 aromatic carbocycles. The third kappa shape index (κ3) is 3.14. The van der Waals surface area contributed by atoms with Crippen LogP contribution in [0, 0.1) is 0 Å². The second-order valence-corrected chi connectivity index (χ2v) is 6.73. The first-order valence-corrected chi connectivity index (χ1v) is 8.63. The van der Waals surface area contributed by atoms with Gasteiger partial charge in [0.15, 0.2) is 5.65 Å². The minimum atomic E-state index is -0.331. The van der Waals surface area contributed by atoms with Crippen LogP contribution in [0.4, 0.5) is 5.82 Å². The van der Waals surface area contributed by atoms with Crippen molar-refractivity contribution in [3.05, 3.63) is 51.1 Å². The molecule has 1 saturated heterocycles. The lowest BCUT2D eigenvalue weighted by molar-refractivity contribution is 0.0746. The van der Waals surface area contributed by atoms with Crippen LogP contribution in [0.1, 0.15) is 10.4 Å². The first-order valence-electron chi connectivity index (χ1n) is 7.84. The minimum Gasteiger partial charge on any atom is -0.353 e. The van der Waals surface area contributed by atoms with Crippen molar-refractivity contribution in [2.75, 3.05) is 31.1 Å². The van der Waals surface area contributed by atoms with Crippen molar-refractivity contribution in [1.82, 2.24) is 24.8 Å². The lowest BCUT2D eigenvalue weighted by atomic mass is 10.2. The molecule has 3 aromatic rings. The average molecular weight is 403 g/mol. The topological polar surface area (TPSA) is 98.0 Å². The van der Waals surface area contributed by atoms with Gasteiger partial charge in [0.2, 0.25) is 0 Å². The van der Waals surface area contributed by atoms with Crippen LogP contribution < -0.4 is 10.6 Å². The zero-order chi connectivity index (χ0) is 17.4. The van der Waals surface area contributed by atoms with Gasteiger partial charge in [0.05, 0.1) is 11.1 Å². The molecule has 4 rings (SSSR count). The highest BCUT2D eigenvalue weighted by atomic mass is 79.9. The van der Waals surface area contributed by atoms with Crippen molar-refractivity contribution in [1.29, 1.82) is 0 Å².